The number of benzene rings is 1. The summed E-state index contributed by atoms with van der Waals surface area (Å²) in [5.41, 5.74) is 0.690. The Hall–Kier alpha value is -2.14. The van der Waals surface area contributed by atoms with Crippen molar-refractivity contribution in [3.8, 4) is 0 Å². The number of carbonyl (C=O) groups is 2. The molecule has 24 heavy (non-hydrogen) atoms. The van der Waals surface area contributed by atoms with Crippen LogP contribution in [0.2, 0.25) is 0 Å². The summed E-state index contributed by atoms with van der Waals surface area (Å²) in [4.78, 5) is 25.5. The molecular weight excluding hydrogens is 322 g/mol. The van der Waals surface area contributed by atoms with Crippen LogP contribution in [0.15, 0.2) is 47.8 Å². The first-order valence-electron chi connectivity index (χ1n) is 8.34. The van der Waals surface area contributed by atoms with Gasteiger partial charge in [-0.3, -0.25) is 4.79 Å². The first-order chi connectivity index (χ1) is 11.7. The van der Waals surface area contributed by atoms with Crippen LogP contribution in [-0.2, 0) is 9.53 Å². The maximum absolute atomic E-state index is 12.7. The predicted octanol–water partition coefficient (Wildman–Crippen LogP) is 4.10. The zero-order valence-electron chi connectivity index (χ0n) is 13.4. The Labute approximate surface area is 145 Å². The molecule has 2 aromatic rings. The molecule has 0 spiro atoms. The first-order valence-corrected chi connectivity index (χ1v) is 9.22. The van der Waals surface area contributed by atoms with Crippen molar-refractivity contribution in [2.24, 2.45) is 0 Å². The SMILES string of the molecule is O=C(OC(C(=O)NC1CCCCC1)c1ccccc1)c1cccs1. The maximum Gasteiger partial charge on any atom is 0.349 e. The van der Waals surface area contributed by atoms with Gasteiger partial charge in [0.2, 0.25) is 6.10 Å². The molecule has 3 rings (SSSR count). The molecular formula is C19H21NO3S. The molecule has 1 aliphatic carbocycles. The number of carbonyl (C=O) groups excluding carboxylic acids is 2. The third kappa shape index (κ3) is 4.23. The summed E-state index contributed by atoms with van der Waals surface area (Å²) in [6.45, 7) is 0. The molecule has 4 nitrogen and oxygen atoms in total. The van der Waals surface area contributed by atoms with Gasteiger partial charge in [0.15, 0.2) is 0 Å². The molecule has 1 aromatic carbocycles. The third-order valence-corrected chi connectivity index (χ3v) is 5.09. The minimum atomic E-state index is -0.914. The molecule has 0 radical (unpaired) electrons. The van der Waals surface area contributed by atoms with Gasteiger partial charge in [0.1, 0.15) is 4.88 Å². The highest BCUT2D eigenvalue weighted by Crippen LogP contribution is 2.23. The summed E-state index contributed by atoms with van der Waals surface area (Å²) in [7, 11) is 0. The lowest BCUT2D eigenvalue weighted by Crippen LogP contribution is -2.40. The van der Waals surface area contributed by atoms with Crippen molar-refractivity contribution < 1.29 is 14.3 Å². The van der Waals surface area contributed by atoms with Gasteiger partial charge < -0.3 is 10.1 Å². The van der Waals surface area contributed by atoms with Gasteiger partial charge in [-0.15, -0.1) is 11.3 Å². The number of nitrogens with one attached hydrogen (secondary N) is 1. The molecule has 1 amide bonds. The van der Waals surface area contributed by atoms with Gasteiger partial charge >= 0.3 is 5.97 Å². The second-order valence-electron chi connectivity index (χ2n) is 6.02. The van der Waals surface area contributed by atoms with Crippen molar-refractivity contribution in [2.45, 2.75) is 44.2 Å². The van der Waals surface area contributed by atoms with Crippen LogP contribution in [0.25, 0.3) is 0 Å². The highest BCUT2D eigenvalue weighted by Gasteiger charge is 2.28. The molecule has 1 atom stereocenters. The summed E-state index contributed by atoms with van der Waals surface area (Å²) < 4.78 is 5.54. The second kappa shape index (κ2) is 8.11. The number of amides is 1. The van der Waals surface area contributed by atoms with Crippen molar-refractivity contribution in [1.29, 1.82) is 0 Å². The van der Waals surface area contributed by atoms with Crippen molar-refractivity contribution >= 4 is 23.2 Å². The van der Waals surface area contributed by atoms with Gasteiger partial charge in [0.25, 0.3) is 5.91 Å². The molecule has 0 saturated heterocycles. The van der Waals surface area contributed by atoms with Crippen LogP contribution in [0.3, 0.4) is 0 Å². The Morgan fingerprint density at radius 1 is 1.04 bits per heavy atom. The van der Waals surface area contributed by atoms with E-state index in [1.165, 1.54) is 17.8 Å². The van der Waals surface area contributed by atoms with E-state index < -0.39 is 12.1 Å². The fraction of sp³-hybridized carbons (Fsp3) is 0.368. The van der Waals surface area contributed by atoms with Crippen molar-refractivity contribution in [3.63, 3.8) is 0 Å². The van der Waals surface area contributed by atoms with Crippen LogP contribution in [0.4, 0.5) is 0 Å². The monoisotopic (exact) mass is 343 g/mol. The van der Waals surface area contributed by atoms with Gasteiger partial charge in [-0.25, -0.2) is 4.79 Å². The molecule has 0 aliphatic heterocycles. The van der Waals surface area contributed by atoms with Gasteiger partial charge in [-0.05, 0) is 24.3 Å². The number of esters is 1. The first kappa shape index (κ1) is 16.7. The quantitative estimate of drug-likeness (QED) is 0.832. The number of rotatable bonds is 5. The van der Waals surface area contributed by atoms with Crippen molar-refractivity contribution in [1.82, 2.24) is 5.32 Å². The normalized spacial score (nSPS) is 16.3. The van der Waals surface area contributed by atoms with Gasteiger partial charge in [0, 0.05) is 11.6 Å². The van der Waals surface area contributed by atoms with Crippen LogP contribution in [0, 0.1) is 0 Å². The predicted molar refractivity (Wildman–Crippen MR) is 93.9 cm³/mol. The molecule has 1 unspecified atom stereocenters. The topological polar surface area (TPSA) is 55.4 Å². The number of thiophene rings is 1. The fourth-order valence-electron chi connectivity index (χ4n) is 2.98. The molecule has 1 N–H and O–H groups in total. The molecule has 1 fully saturated rings. The third-order valence-electron chi connectivity index (χ3n) is 4.24. The summed E-state index contributed by atoms with van der Waals surface area (Å²) >= 11 is 1.31. The van der Waals surface area contributed by atoms with E-state index >= 15 is 0 Å². The number of ether oxygens (including phenoxy) is 1. The summed E-state index contributed by atoms with van der Waals surface area (Å²) in [5, 5.41) is 4.87. The molecule has 126 valence electrons. The van der Waals surface area contributed by atoms with E-state index in [0.29, 0.717) is 10.4 Å². The van der Waals surface area contributed by atoms with Crippen LogP contribution in [0.5, 0.6) is 0 Å². The van der Waals surface area contributed by atoms with E-state index in [1.807, 2.05) is 35.7 Å². The van der Waals surface area contributed by atoms with Gasteiger partial charge in [0.05, 0.1) is 0 Å². The Balaban J connectivity index is 1.74. The van der Waals surface area contributed by atoms with E-state index in [-0.39, 0.29) is 11.9 Å². The van der Waals surface area contributed by atoms with Gasteiger partial charge in [-0.2, -0.15) is 0 Å². The van der Waals surface area contributed by atoms with E-state index in [2.05, 4.69) is 5.32 Å². The zero-order valence-corrected chi connectivity index (χ0v) is 14.3. The van der Waals surface area contributed by atoms with E-state index in [1.54, 1.807) is 12.1 Å². The molecule has 5 heteroatoms. The van der Waals surface area contributed by atoms with Crippen molar-refractivity contribution in [2.75, 3.05) is 0 Å². The number of hydrogen-bond acceptors (Lipinski definition) is 4. The molecule has 1 saturated carbocycles. The van der Waals surface area contributed by atoms with E-state index in [4.69, 9.17) is 4.74 Å². The Morgan fingerprint density at radius 2 is 1.79 bits per heavy atom. The van der Waals surface area contributed by atoms with Crippen LogP contribution in [0.1, 0.15) is 53.4 Å². The standard InChI is InChI=1S/C19H21NO3S/c21-18(20-15-10-5-2-6-11-15)17(14-8-3-1-4-9-14)23-19(22)16-12-7-13-24-16/h1,3-4,7-9,12-13,15,17H,2,5-6,10-11H2,(H,20,21). The average Bonchev–Trinajstić information content (AvgIpc) is 3.16. The van der Waals surface area contributed by atoms with Crippen molar-refractivity contribution in [3.05, 3.63) is 58.3 Å². The summed E-state index contributed by atoms with van der Waals surface area (Å²) in [5.74, 6) is -0.698. The Morgan fingerprint density at radius 3 is 2.46 bits per heavy atom. The molecule has 0 bridgehead atoms. The molecule has 1 aromatic heterocycles. The highest BCUT2D eigenvalue weighted by atomic mass is 32.1. The lowest BCUT2D eigenvalue weighted by Gasteiger charge is -2.25. The van der Waals surface area contributed by atoms with Crippen LogP contribution in [-0.4, -0.2) is 17.9 Å². The zero-order chi connectivity index (χ0) is 16.8. The lowest BCUT2D eigenvalue weighted by molar-refractivity contribution is -0.131. The highest BCUT2D eigenvalue weighted by molar-refractivity contribution is 7.11. The Bertz CT molecular complexity index is 663. The maximum atomic E-state index is 12.7. The Kier molecular flexibility index (Phi) is 5.64. The summed E-state index contributed by atoms with van der Waals surface area (Å²) in [6, 6.07) is 12.9. The van der Waals surface area contributed by atoms with E-state index in [9.17, 15) is 9.59 Å². The average molecular weight is 343 g/mol. The largest absolute Gasteiger partial charge is 0.443 e. The smallest absolute Gasteiger partial charge is 0.349 e. The number of hydrogen-bond donors (Lipinski definition) is 1. The minimum absolute atomic E-state index is 0.179. The second-order valence-corrected chi connectivity index (χ2v) is 6.96. The molecule has 1 heterocycles. The van der Waals surface area contributed by atoms with Gasteiger partial charge in [-0.1, -0.05) is 55.7 Å². The van der Waals surface area contributed by atoms with E-state index in [0.717, 1.165) is 25.7 Å². The van der Waals surface area contributed by atoms with Crippen LogP contribution >= 0.6 is 11.3 Å². The lowest BCUT2D eigenvalue weighted by atomic mass is 9.95. The molecule has 1 aliphatic rings. The minimum Gasteiger partial charge on any atom is -0.443 e. The fourth-order valence-corrected chi connectivity index (χ4v) is 3.59. The summed E-state index contributed by atoms with van der Waals surface area (Å²) in [6.07, 6.45) is 4.56. The van der Waals surface area contributed by atoms with Crippen LogP contribution < -0.4 is 5.32 Å².